The van der Waals surface area contributed by atoms with Crippen LogP contribution in [0.25, 0.3) is 11.8 Å². The molecule has 3 aromatic rings. The Bertz CT molecular complexity index is 2000. The standard InChI is InChI=1S/C41H44N4O4/c1-23-34(38(48)45(43-23)33-8-4-31(5-9-33)41-20-27-13-28(21-41)15-29(14-27)22-41)16-35-36(46)42-39(49)44(37(35)47)32-6-2-30(3-7-32)40-17-24-10-25(18-40)12-26(11-24)19-40/h2-9,16,24-29,47H,10-15,17-22H2,1H3,(H,42,46,49)/b34-16+. The van der Waals surface area contributed by atoms with Gasteiger partial charge in [0.25, 0.3) is 11.5 Å². The van der Waals surface area contributed by atoms with Gasteiger partial charge >= 0.3 is 5.69 Å². The van der Waals surface area contributed by atoms with Gasteiger partial charge in [-0.25, -0.2) is 9.36 Å². The largest absolute Gasteiger partial charge is 0.494 e. The van der Waals surface area contributed by atoms with E-state index in [0.29, 0.717) is 17.1 Å². The Morgan fingerprint density at radius 2 is 1.12 bits per heavy atom. The second kappa shape index (κ2) is 10.4. The fraction of sp³-hybridized carbons (Fsp3) is 0.512. The Morgan fingerprint density at radius 1 is 0.694 bits per heavy atom. The average Bonchev–Trinajstić information content (AvgIpc) is 3.34. The number of rotatable bonds is 5. The molecule has 252 valence electrons. The molecule has 9 aliphatic rings. The van der Waals surface area contributed by atoms with Gasteiger partial charge < -0.3 is 5.11 Å². The third-order valence-corrected chi connectivity index (χ3v) is 14.0. The molecule has 1 aromatic heterocycles. The fourth-order valence-electron chi connectivity index (χ4n) is 12.8. The number of amides is 1. The van der Waals surface area contributed by atoms with Crippen LogP contribution in [-0.2, 0) is 15.6 Å². The number of aromatic nitrogens is 2. The van der Waals surface area contributed by atoms with Crippen LogP contribution in [0.2, 0.25) is 0 Å². The molecular formula is C41H44N4O4. The van der Waals surface area contributed by atoms with Crippen LogP contribution >= 0.6 is 0 Å². The molecule has 8 saturated carbocycles. The number of aromatic hydroxyl groups is 1. The third kappa shape index (κ3) is 4.54. The highest BCUT2D eigenvalue weighted by Crippen LogP contribution is 2.62. The first kappa shape index (κ1) is 29.7. The summed E-state index contributed by atoms with van der Waals surface area (Å²) >= 11 is 0. The van der Waals surface area contributed by atoms with Gasteiger partial charge in [0.2, 0.25) is 5.88 Å². The summed E-state index contributed by atoms with van der Waals surface area (Å²) in [5, 5.41) is 17.3. The quantitative estimate of drug-likeness (QED) is 0.289. The highest BCUT2D eigenvalue weighted by Gasteiger charge is 2.52. The van der Waals surface area contributed by atoms with E-state index in [2.05, 4.69) is 34.4 Å². The average molecular weight is 657 g/mol. The van der Waals surface area contributed by atoms with Gasteiger partial charge in [-0.05, 0) is 172 Å². The van der Waals surface area contributed by atoms with Crippen LogP contribution in [0.1, 0.15) is 101 Å². The summed E-state index contributed by atoms with van der Waals surface area (Å²) in [6, 6.07) is 16.3. The molecule has 0 atom stereocenters. The topological polar surface area (TPSA) is 108 Å². The minimum absolute atomic E-state index is 0.151. The van der Waals surface area contributed by atoms with Crippen LogP contribution in [0.15, 0.2) is 68.8 Å². The number of H-pyrrole nitrogens is 1. The van der Waals surface area contributed by atoms with E-state index in [4.69, 9.17) is 0 Å². The molecule has 12 rings (SSSR count). The summed E-state index contributed by atoms with van der Waals surface area (Å²) in [6.45, 7) is 1.72. The van der Waals surface area contributed by atoms with Gasteiger partial charge in [0.05, 0.1) is 22.7 Å². The van der Waals surface area contributed by atoms with Crippen LogP contribution in [0.4, 0.5) is 5.69 Å². The van der Waals surface area contributed by atoms with Crippen LogP contribution in [0.5, 0.6) is 5.88 Å². The summed E-state index contributed by atoms with van der Waals surface area (Å²) in [5.74, 6) is 4.14. The van der Waals surface area contributed by atoms with Crippen molar-refractivity contribution in [2.75, 3.05) is 5.01 Å². The van der Waals surface area contributed by atoms with E-state index < -0.39 is 17.1 Å². The predicted molar refractivity (Wildman–Crippen MR) is 189 cm³/mol. The maximum atomic E-state index is 13.8. The zero-order chi connectivity index (χ0) is 33.2. The molecule has 8 heteroatoms. The maximum absolute atomic E-state index is 13.8. The third-order valence-electron chi connectivity index (χ3n) is 14.0. The number of anilines is 1. The summed E-state index contributed by atoms with van der Waals surface area (Å²) < 4.78 is 1.12. The molecule has 0 saturated heterocycles. The van der Waals surface area contributed by atoms with Crippen LogP contribution in [-0.4, -0.2) is 26.3 Å². The number of benzene rings is 2. The summed E-state index contributed by atoms with van der Waals surface area (Å²) in [7, 11) is 0. The Kier molecular flexibility index (Phi) is 6.31. The molecule has 2 aromatic carbocycles. The van der Waals surface area contributed by atoms with Gasteiger partial charge in [-0.15, -0.1) is 0 Å². The Balaban J connectivity index is 0.927. The molecule has 8 fully saturated rings. The first-order chi connectivity index (χ1) is 23.6. The Hall–Kier alpha value is -4.20. The molecule has 8 nitrogen and oxygen atoms in total. The minimum atomic E-state index is -0.754. The second-order valence-electron chi connectivity index (χ2n) is 17.2. The fourth-order valence-corrected chi connectivity index (χ4v) is 12.8. The number of hydrogen-bond acceptors (Lipinski definition) is 5. The lowest BCUT2D eigenvalue weighted by atomic mass is 9.48. The van der Waals surface area contributed by atoms with Crippen molar-refractivity contribution >= 4 is 23.4 Å². The van der Waals surface area contributed by atoms with Crippen molar-refractivity contribution in [2.45, 2.75) is 94.8 Å². The van der Waals surface area contributed by atoms with E-state index in [0.717, 1.165) is 40.1 Å². The Labute approximate surface area is 285 Å². The SMILES string of the molecule is CC1=NN(c2ccc(C34CC5CC(CC(C5)C3)C4)cc2)C(=O)/C1=C/c1c(O)n(-c2ccc(C34CC5CC(CC(C5)C3)C4)cc2)c(=O)[nH]c1=O. The molecule has 8 aliphatic carbocycles. The zero-order valence-corrected chi connectivity index (χ0v) is 28.2. The first-order valence-electron chi connectivity index (χ1n) is 18.6. The van der Waals surface area contributed by atoms with Crippen LogP contribution in [0.3, 0.4) is 0 Å². The van der Waals surface area contributed by atoms with Crippen LogP contribution in [0, 0.1) is 35.5 Å². The van der Waals surface area contributed by atoms with Crippen molar-refractivity contribution in [3.63, 3.8) is 0 Å². The number of hydrazone groups is 1. The number of carbonyl (C=O) groups excluding carboxylic acids is 1. The van der Waals surface area contributed by atoms with E-state index in [1.165, 1.54) is 99.3 Å². The van der Waals surface area contributed by atoms with E-state index in [-0.39, 0.29) is 27.9 Å². The van der Waals surface area contributed by atoms with Gasteiger partial charge in [-0.1, -0.05) is 24.3 Å². The zero-order valence-electron chi connectivity index (χ0n) is 28.2. The molecular weight excluding hydrogens is 612 g/mol. The number of nitrogens with zero attached hydrogens (tertiary/aromatic N) is 3. The minimum Gasteiger partial charge on any atom is -0.494 e. The smallest absolute Gasteiger partial charge is 0.335 e. The monoisotopic (exact) mass is 656 g/mol. The summed E-state index contributed by atoms with van der Waals surface area (Å²) in [6.07, 6.45) is 17.2. The molecule has 1 aliphatic heterocycles. The predicted octanol–water partition coefficient (Wildman–Crippen LogP) is 6.97. The normalized spacial score (nSPS) is 36.3. The van der Waals surface area contributed by atoms with E-state index in [1.54, 1.807) is 6.92 Å². The molecule has 0 radical (unpaired) electrons. The Morgan fingerprint density at radius 3 is 1.57 bits per heavy atom. The second-order valence-corrected chi connectivity index (χ2v) is 17.2. The molecule has 0 spiro atoms. The van der Waals surface area contributed by atoms with E-state index in [1.807, 2.05) is 24.3 Å². The number of aromatic amines is 1. The molecule has 49 heavy (non-hydrogen) atoms. The van der Waals surface area contributed by atoms with Crippen molar-refractivity contribution in [2.24, 2.45) is 40.6 Å². The van der Waals surface area contributed by atoms with Crippen molar-refractivity contribution in [1.82, 2.24) is 9.55 Å². The summed E-state index contributed by atoms with van der Waals surface area (Å²) in [5.41, 5.74) is 3.31. The highest BCUT2D eigenvalue weighted by molar-refractivity contribution is 6.32. The van der Waals surface area contributed by atoms with Gasteiger partial charge in [0, 0.05) is 0 Å². The van der Waals surface area contributed by atoms with E-state index >= 15 is 0 Å². The van der Waals surface area contributed by atoms with Gasteiger partial charge in [-0.2, -0.15) is 10.1 Å². The molecule has 2 N–H and O–H groups in total. The molecule has 1 amide bonds. The lowest BCUT2D eigenvalue weighted by Crippen LogP contribution is -2.48. The first-order valence-corrected chi connectivity index (χ1v) is 18.6. The highest BCUT2D eigenvalue weighted by atomic mass is 16.3. The van der Waals surface area contributed by atoms with Gasteiger partial charge in [0.1, 0.15) is 5.56 Å². The molecule has 0 unspecified atom stereocenters. The van der Waals surface area contributed by atoms with Crippen molar-refractivity contribution < 1.29 is 9.90 Å². The number of nitrogens with one attached hydrogen (secondary N) is 1. The van der Waals surface area contributed by atoms with Crippen molar-refractivity contribution in [1.29, 1.82) is 0 Å². The maximum Gasteiger partial charge on any atom is 0.335 e. The van der Waals surface area contributed by atoms with Crippen molar-refractivity contribution in [3.05, 3.63) is 91.6 Å². The summed E-state index contributed by atoms with van der Waals surface area (Å²) in [4.78, 5) is 42.3. The van der Waals surface area contributed by atoms with Gasteiger partial charge in [0.15, 0.2) is 0 Å². The van der Waals surface area contributed by atoms with E-state index in [9.17, 15) is 19.5 Å². The molecule has 2 heterocycles. The van der Waals surface area contributed by atoms with Crippen molar-refractivity contribution in [3.8, 4) is 11.6 Å². The van der Waals surface area contributed by atoms with Crippen LogP contribution < -0.4 is 16.3 Å². The number of hydrogen-bond donors (Lipinski definition) is 2. The van der Waals surface area contributed by atoms with Gasteiger partial charge in [-0.3, -0.25) is 14.6 Å². The molecule has 8 bridgehead atoms. The lowest BCUT2D eigenvalue weighted by molar-refractivity contribution is -0.114. The number of carbonyl (C=O) groups is 1. The lowest BCUT2D eigenvalue weighted by Gasteiger charge is -2.57.